The summed E-state index contributed by atoms with van der Waals surface area (Å²) in [4.78, 5) is 20.2. The molecule has 9 heteroatoms. The normalized spacial score (nSPS) is 14.8. The lowest BCUT2D eigenvalue weighted by Gasteiger charge is -2.35. The Labute approximate surface area is 163 Å². The summed E-state index contributed by atoms with van der Waals surface area (Å²) in [5.74, 6) is -0.396. The molecule has 0 bridgehead atoms. The molecule has 0 radical (unpaired) electrons. The lowest BCUT2D eigenvalue weighted by Crippen LogP contribution is -2.49. The molecule has 0 spiro atoms. The number of nitrogens with zero attached hydrogens (tertiary/aromatic N) is 3. The number of pyridine rings is 1. The minimum atomic E-state index is -4.07. The molecule has 3 rings (SSSR count). The first kappa shape index (κ1) is 20.0. The van der Waals surface area contributed by atoms with Crippen LogP contribution in [0.3, 0.4) is 0 Å². The second-order valence-electron chi connectivity index (χ2n) is 6.25. The molecule has 7 nitrogen and oxygen atoms in total. The molecule has 0 atom stereocenters. The fraction of sp³-hybridized carbons (Fsp3) is 0.263. The third-order valence-electron chi connectivity index (χ3n) is 4.43. The molecule has 148 valence electrons. The van der Waals surface area contributed by atoms with E-state index in [4.69, 9.17) is 0 Å². The minimum absolute atomic E-state index is 0.0323. The average Bonchev–Trinajstić information content (AvgIpc) is 2.73. The van der Waals surface area contributed by atoms with E-state index in [0.29, 0.717) is 26.2 Å². The molecule has 1 amide bonds. The first-order chi connectivity index (χ1) is 13.4. The molecule has 1 aromatic carbocycles. The summed E-state index contributed by atoms with van der Waals surface area (Å²) in [6.07, 6.45) is 3.07. The van der Waals surface area contributed by atoms with Gasteiger partial charge in [0.1, 0.15) is 16.5 Å². The maximum absolute atomic E-state index is 14.1. The highest BCUT2D eigenvalue weighted by Crippen LogP contribution is 2.19. The highest BCUT2D eigenvalue weighted by Gasteiger charge is 2.25. The van der Waals surface area contributed by atoms with Crippen LogP contribution in [0.5, 0.6) is 0 Å². The fourth-order valence-corrected chi connectivity index (χ4v) is 4.05. The maximum Gasteiger partial charge on any atom is 0.254 e. The van der Waals surface area contributed by atoms with Crippen molar-refractivity contribution in [1.82, 2.24) is 14.6 Å². The van der Waals surface area contributed by atoms with Gasteiger partial charge in [0.15, 0.2) is 0 Å². The molecule has 1 fully saturated rings. The van der Waals surface area contributed by atoms with E-state index in [9.17, 15) is 17.6 Å². The Kier molecular flexibility index (Phi) is 6.05. The van der Waals surface area contributed by atoms with Crippen molar-refractivity contribution in [1.29, 1.82) is 0 Å². The van der Waals surface area contributed by atoms with E-state index in [1.54, 1.807) is 11.1 Å². The number of hydrogen-bond donors (Lipinski definition) is 1. The van der Waals surface area contributed by atoms with Gasteiger partial charge < -0.3 is 9.80 Å². The van der Waals surface area contributed by atoms with Crippen molar-refractivity contribution >= 4 is 21.7 Å². The predicted octanol–water partition coefficient (Wildman–Crippen LogP) is 1.65. The van der Waals surface area contributed by atoms with Gasteiger partial charge in [-0.25, -0.2) is 22.5 Å². The SMILES string of the molecule is C=CCNS(=O)(=O)c1cc(C(=O)N2CCN(c3ccccn3)CC2)ccc1F. The number of amides is 1. The number of sulfonamides is 1. The van der Waals surface area contributed by atoms with Gasteiger partial charge in [0.25, 0.3) is 5.91 Å². The Balaban J connectivity index is 1.73. The molecule has 0 saturated carbocycles. The summed E-state index contributed by atoms with van der Waals surface area (Å²) < 4.78 is 40.7. The van der Waals surface area contributed by atoms with Crippen LogP contribution in [0.15, 0.2) is 60.1 Å². The lowest BCUT2D eigenvalue weighted by molar-refractivity contribution is 0.0746. The second-order valence-corrected chi connectivity index (χ2v) is 7.99. The van der Waals surface area contributed by atoms with E-state index < -0.39 is 20.7 Å². The van der Waals surface area contributed by atoms with Crippen LogP contribution >= 0.6 is 0 Å². The number of halogens is 1. The number of nitrogens with one attached hydrogen (secondary N) is 1. The molecule has 0 unspecified atom stereocenters. The van der Waals surface area contributed by atoms with Crippen LogP contribution in [0.25, 0.3) is 0 Å². The van der Waals surface area contributed by atoms with Crippen LogP contribution in [-0.4, -0.2) is 56.9 Å². The topological polar surface area (TPSA) is 82.6 Å². The second kappa shape index (κ2) is 8.49. The molecule has 1 aliphatic rings. The molecule has 28 heavy (non-hydrogen) atoms. The van der Waals surface area contributed by atoms with E-state index in [1.165, 1.54) is 12.1 Å². The third-order valence-corrected chi connectivity index (χ3v) is 5.86. The van der Waals surface area contributed by atoms with Gasteiger partial charge in [0, 0.05) is 44.5 Å². The quantitative estimate of drug-likeness (QED) is 0.741. The van der Waals surface area contributed by atoms with Gasteiger partial charge in [-0.05, 0) is 30.3 Å². The third kappa shape index (κ3) is 4.37. The summed E-state index contributed by atoms with van der Waals surface area (Å²) in [6.45, 7) is 5.53. The summed E-state index contributed by atoms with van der Waals surface area (Å²) >= 11 is 0. The Morgan fingerprint density at radius 3 is 2.61 bits per heavy atom. The average molecular weight is 404 g/mol. The van der Waals surface area contributed by atoms with Crippen molar-refractivity contribution in [3.05, 3.63) is 66.6 Å². The number of carbonyl (C=O) groups is 1. The van der Waals surface area contributed by atoms with Gasteiger partial charge in [-0.3, -0.25) is 4.79 Å². The molecule has 0 aliphatic carbocycles. The first-order valence-electron chi connectivity index (χ1n) is 8.78. The van der Waals surface area contributed by atoms with Crippen LogP contribution in [0.2, 0.25) is 0 Å². The highest BCUT2D eigenvalue weighted by atomic mass is 32.2. The highest BCUT2D eigenvalue weighted by molar-refractivity contribution is 7.89. The standard InChI is InChI=1S/C19H21FN4O3S/c1-2-8-22-28(26,27)17-14-15(6-7-16(17)20)19(25)24-12-10-23(11-13-24)18-5-3-4-9-21-18/h2-7,9,14,22H,1,8,10-13H2. The molecule has 1 saturated heterocycles. The zero-order valence-electron chi connectivity index (χ0n) is 15.2. The number of anilines is 1. The smallest absolute Gasteiger partial charge is 0.254 e. The van der Waals surface area contributed by atoms with Crippen molar-refractivity contribution in [2.24, 2.45) is 0 Å². The van der Waals surface area contributed by atoms with Crippen LogP contribution in [0, 0.1) is 5.82 Å². The summed E-state index contributed by atoms with van der Waals surface area (Å²) in [5, 5.41) is 0. The molecular weight excluding hydrogens is 383 g/mol. The molecule has 1 aromatic heterocycles. The van der Waals surface area contributed by atoms with Gasteiger partial charge in [-0.1, -0.05) is 12.1 Å². The molecule has 1 aliphatic heterocycles. The number of hydrogen-bond acceptors (Lipinski definition) is 5. The first-order valence-corrected chi connectivity index (χ1v) is 10.3. The lowest BCUT2D eigenvalue weighted by atomic mass is 10.1. The number of carbonyl (C=O) groups excluding carboxylic acids is 1. The molecule has 1 N–H and O–H groups in total. The van der Waals surface area contributed by atoms with Crippen molar-refractivity contribution in [3.63, 3.8) is 0 Å². The van der Waals surface area contributed by atoms with Gasteiger partial charge in [0.05, 0.1) is 0 Å². The van der Waals surface area contributed by atoms with Crippen molar-refractivity contribution < 1.29 is 17.6 Å². The Hall–Kier alpha value is -2.78. The van der Waals surface area contributed by atoms with Crippen molar-refractivity contribution in [3.8, 4) is 0 Å². The minimum Gasteiger partial charge on any atom is -0.353 e. The monoisotopic (exact) mass is 404 g/mol. The summed E-state index contributed by atoms with van der Waals surface area (Å²) in [7, 11) is -4.07. The van der Waals surface area contributed by atoms with E-state index >= 15 is 0 Å². The fourth-order valence-electron chi connectivity index (χ4n) is 2.95. The largest absolute Gasteiger partial charge is 0.353 e. The van der Waals surface area contributed by atoms with Crippen LogP contribution in [0.4, 0.5) is 10.2 Å². The molecular formula is C19H21FN4O3S. The van der Waals surface area contributed by atoms with Gasteiger partial charge in [-0.15, -0.1) is 6.58 Å². The molecule has 2 heterocycles. The van der Waals surface area contributed by atoms with Gasteiger partial charge >= 0.3 is 0 Å². The summed E-state index contributed by atoms with van der Waals surface area (Å²) in [6, 6.07) is 9.03. The van der Waals surface area contributed by atoms with E-state index in [-0.39, 0.29) is 18.0 Å². The Bertz CT molecular complexity index is 958. The van der Waals surface area contributed by atoms with Crippen LogP contribution < -0.4 is 9.62 Å². The number of aromatic nitrogens is 1. The Morgan fingerprint density at radius 2 is 1.96 bits per heavy atom. The van der Waals surface area contributed by atoms with E-state index in [0.717, 1.165) is 18.0 Å². The number of piperazine rings is 1. The van der Waals surface area contributed by atoms with Crippen molar-refractivity contribution in [2.45, 2.75) is 4.90 Å². The van der Waals surface area contributed by atoms with Crippen LogP contribution in [0.1, 0.15) is 10.4 Å². The van der Waals surface area contributed by atoms with E-state index in [1.807, 2.05) is 18.2 Å². The number of rotatable bonds is 6. The van der Waals surface area contributed by atoms with E-state index in [2.05, 4.69) is 21.2 Å². The van der Waals surface area contributed by atoms with Crippen LogP contribution in [-0.2, 0) is 10.0 Å². The zero-order valence-corrected chi connectivity index (χ0v) is 16.0. The molecule has 2 aromatic rings. The maximum atomic E-state index is 14.1. The number of benzene rings is 1. The Morgan fingerprint density at radius 1 is 1.21 bits per heavy atom. The summed E-state index contributed by atoms with van der Waals surface area (Å²) in [5.41, 5.74) is 0.131. The van der Waals surface area contributed by atoms with Crippen molar-refractivity contribution in [2.75, 3.05) is 37.6 Å². The predicted molar refractivity (Wildman–Crippen MR) is 104 cm³/mol. The zero-order chi connectivity index (χ0) is 20.1. The van der Waals surface area contributed by atoms with Gasteiger partial charge in [-0.2, -0.15) is 0 Å². The van der Waals surface area contributed by atoms with Gasteiger partial charge in [0.2, 0.25) is 10.0 Å².